The van der Waals surface area contributed by atoms with Crippen molar-refractivity contribution < 1.29 is 4.79 Å². The summed E-state index contributed by atoms with van der Waals surface area (Å²) in [5, 5.41) is 8.75. The van der Waals surface area contributed by atoms with E-state index in [0.717, 1.165) is 25.9 Å². The number of hydrogen-bond acceptors (Lipinski definition) is 2. The molecule has 1 amide bonds. The summed E-state index contributed by atoms with van der Waals surface area (Å²) in [7, 11) is 0. The molecule has 1 saturated heterocycles. The lowest BCUT2D eigenvalue weighted by molar-refractivity contribution is 0.0691. The molecule has 0 bridgehead atoms. The fourth-order valence-corrected chi connectivity index (χ4v) is 2.96. The fraction of sp³-hybridized carbons (Fsp3) is 0.467. The SMILES string of the molecule is CC(Br)C1CCN(C(=O)c2ccc(C#N)cc2)CC1. The lowest BCUT2D eigenvalue weighted by Crippen LogP contribution is -2.39. The standard InChI is InChI=1S/C15H17BrN2O/c1-11(16)13-6-8-18(9-7-13)15(19)14-4-2-12(10-17)3-5-14/h2-5,11,13H,6-9H2,1H3. The van der Waals surface area contributed by atoms with Crippen molar-refractivity contribution in [1.82, 2.24) is 4.90 Å². The van der Waals surface area contributed by atoms with Crippen LogP contribution >= 0.6 is 15.9 Å². The monoisotopic (exact) mass is 320 g/mol. The quantitative estimate of drug-likeness (QED) is 0.785. The Kier molecular flexibility index (Phi) is 4.60. The smallest absolute Gasteiger partial charge is 0.253 e. The van der Waals surface area contributed by atoms with Crippen LogP contribution in [0.4, 0.5) is 0 Å². The van der Waals surface area contributed by atoms with Crippen LogP contribution in [0.25, 0.3) is 0 Å². The zero-order valence-corrected chi connectivity index (χ0v) is 12.6. The molecular formula is C15H17BrN2O. The highest BCUT2D eigenvalue weighted by atomic mass is 79.9. The van der Waals surface area contributed by atoms with E-state index in [2.05, 4.69) is 28.9 Å². The van der Waals surface area contributed by atoms with Gasteiger partial charge >= 0.3 is 0 Å². The number of piperidine rings is 1. The highest BCUT2D eigenvalue weighted by Gasteiger charge is 2.25. The maximum Gasteiger partial charge on any atom is 0.253 e. The van der Waals surface area contributed by atoms with Gasteiger partial charge in [0, 0.05) is 23.5 Å². The number of benzene rings is 1. The number of likely N-dealkylation sites (tertiary alicyclic amines) is 1. The van der Waals surface area contributed by atoms with E-state index in [4.69, 9.17) is 5.26 Å². The van der Waals surface area contributed by atoms with Gasteiger partial charge in [0.2, 0.25) is 0 Å². The number of halogens is 1. The maximum atomic E-state index is 12.3. The van der Waals surface area contributed by atoms with E-state index >= 15 is 0 Å². The molecule has 1 aromatic rings. The lowest BCUT2D eigenvalue weighted by atomic mass is 9.94. The maximum absolute atomic E-state index is 12.3. The van der Waals surface area contributed by atoms with Gasteiger partial charge in [-0.1, -0.05) is 22.9 Å². The number of nitrogens with zero attached hydrogens (tertiary/aromatic N) is 2. The topological polar surface area (TPSA) is 44.1 Å². The van der Waals surface area contributed by atoms with Gasteiger partial charge in [0.15, 0.2) is 0 Å². The van der Waals surface area contributed by atoms with Gasteiger partial charge in [-0.05, 0) is 43.0 Å². The van der Waals surface area contributed by atoms with E-state index in [1.54, 1.807) is 24.3 Å². The highest BCUT2D eigenvalue weighted by molar-refractivity contribution is 9.09. The van der Waals surface area contributed by atoms with Gasteiger partial charge in [-0.3, -0.25) is 4.79 Å². The second kappa shape index (κ2) is 6.21. The average Bonchev–Trinajstić information content (AvgIpc) is 2.46. The summed E-state index contributed by atoms with van der Waals surface area (Å²) in [6.45, 7) is 3.81. The van der Waals surface area contributed by atoms with Crippen LogP contribution in [0.15, 0.2) is 24.3 Å². The lowest BCUT2D eigenvalue weighted by Gasteiger charge is -2.33. The molecule has 19 heavy (non-hydrogen) atoms. The predicted molar refractivity (Wildman–Crippen MR) is 78.2 cm³/mol. The highest BCUT2D eigenvalue weighted by Crippen LogP contribution is 2.25. The minimum Gasteiger partial charge on any atom is -0.339 e. The summed E-state index contributed by atoms with van der Waals surface area (Å²) in [6.07, 6.45) is 2.10. The number of rotatable bonds is 2. The second-order valence-corrected chi connectivity index (χ2v) is 6.44. The Hall–Kier alpha value is -1.34. The fourth-order valence-electron chi connectivity index (χ4n) is 2.43. The Bertz CT molecular complexity index is 482. The van der Waals surface area contributed by atoms with E-state index in [1.165, 1.54) is 0 Å². The Morgan fingerprint density at radius 3 is 2.42 bits per heavy atom. The molecule has 1 fully saturated rings. The van der Waals surface area contributed by atoms with Gasteiger partial charge in [-0.2, -0.15) is 5.26 Å². The van der Waals surface area contributed by atoms with E-state index in [-0.39, 0.29) is 5.91 Å². The van der Waals surface area contributed by atoms with Crippen molar-refractivity contribution in [2.75, 3.05) is 13.1 Å². The minimum atomic E-state index is 0.0742. The number of hydrogen-bond donors (Lipinski definition) is 0. The molecule has 1 unspecified atom stereocenters. The third kappa shape index (κ3) is 3.36. The van der Waals surface area contributed by atoms with Gasteiger partial charge in [-0.25, -0.2) is 0 Å². The van der Waals surface area contributed by atoms with Crippen LogP contribution in [0.2, 0.25) is 0 Å². The van der Waals surface area contributed by atoms with Crippen molar-refractivity contribution >= 4 is 21.8 Å². The predicted octanol–water partition coefficient (Wildman–Crippen LogP) is 3.19. The molecule has 0 radical (unpaired) electrons. The van der Waals surface area contributed by atoms with Crippen molar-refractivity contribution in [1.29, 1.82) is 5.26 Å². The molecular weight excluding hydrogens is 304 g/mol. The largest absolute Gasteiger partial charge is 0.339 e. The van der Waals surface area contributed by atoms with Crippen LogP contribution in [0, 0.1) is 17.2 Å². The number of amides is 1. The third-order valence-corrected chi connectivity index (χ3v) is 4.49. The zero-order chi connectivity index (χ0) is 13.8. The number of carbonyl (C=O) groups is 1. The molecule has 0 saturated carbocycles. The molecule has 2 rings (SSSR count). The first kappa shape index (κ1) is 14.1. The van der Waals surface area contributed by atoms with Crippen molar-refractivity contribution in [3.8, 4) is 6.07 Å². The van der Waals surface area contributed by atoms with Crippen molar-refractivity contribution in [3.05, 3.63) is 35.4 Å². The first-order valence-electron chi connectivity index (χ1n) is 6.55. The van der Waals surface area contributed by atoms with Gasteiger partial charge in [0.1, 0.15) is 0 Å². The molecule has 1 atom stereocenters. The molecule has 0 spiro atoms. The molecule has 3 nitrogen and oxygen atoms in total. The Morgan fingerprint density at radius 2 is 1.95 bits per heavy atom. The van der Waals surface area contributed by atoms with Crippen LogP contribution in [-0.4, -0.2) is 28.7 Å². The molecule has 1 aliphatic rings. The first-order valence-corrected chi connectivity index (χ1v) is 7.47. The Morgan fingerprint density at radius 1 is 1.37 bits per heavy atom. The summed E-state index contributed by atoms with van der Waals surface area (Å²) in [4.78, 5) is 14.7. The van der Waals surface area contributed by atoms with E-state index in [1.807, 2.05) is 4.90 Å². The molecule has 0 aromatic heterocycles. The number of alkyl halides is 1. The summed E-state index contributed by atoms with van der Waals surface area (Å²) >= 11 is 3.62. The van der Waals surface area contributed by atoms with Gasteiger partial charge < -0.3 is 4.90 Å². The molecule has 1 aromatic carbocycles. The van der Waals surface area contributed by atoms with E-state index < -0.39 is 0 Å². The van der Waals surface area contributed by atoms with Crippen molar-refractivity contribution in [3.63, 3.8) is 0 Å². The molecule has 1 aliphatic heterocycles. The van der Waals surface area contributed by atoms with Crippen LogP contribution in [0.1, 0.15) is 35.7 Å². The normalized spacial score (nSPS) is 17.8. The van der Waals surface area contributed by atoms with E-state index in [0.29, 0.717) is 21.9 Å². The molecule has 100 valence electrons. The summed E-state index contributed by atoms with van der Waals surface area (Å²) in [6, 6.07) is 8.92. The average molecular weight is 321 g/mol. The van der Waals surface area contributed by atoms with Crippen molar-refractivity contribution in [2.45, 2.75) is 24.6 Å². The minimum absolute atomic E-state index is 0.0742. The van der Waals surface area contributed by atoms with Crippen LogP contribution in [0.3, 0.4) is 0 Å². The summed E-state index contributed by atoms with van der Waals surface area (Å²) in [5.41, 5.74) is 1.26. The van der Waals surface area contributed by atoms with Gasteiger partial charge in [0.05, 0.1) is 11.6 Å². The van der Waals surface area contributed by atoms with Gasteiger partial charge in [-0.15, -0.1) is 0 Å². The van der Waals surface area contributed by atoms with Crippen LogP contribution in [-0.2, 0) is 0 Å². The Balaban J connectivity index is 1.99. The molecule has 1 heterocycles. The number of carbonyl (C=O) groups excluding carboxylic acids is 1. The summed E-state index contributed by atoms with van der Waals surface area (Å²) in [5.74, 6) is 0.732. The zero-order valence-electron chi connectivity index (χ0n) is 11.0. The third-order valence-electron chi connectivity index (χ3n) is 3.74. The van der Waals surface area contributed by atoms with E-state index in [9.17, 15) is 4.79 Å². The molecule has 0 N–H and O–H groups in total. The number of nitriles is 1. The molecule has 0 aliphatic carbocycles. The first-order chi connectivity index (χ1) is 9.11. The summed E-state index contributed by atoms with van der Waals surface area (Å²) < 4.78 is 0. The molecule has 4 heteroatoms. The van der Waals surface area contributed by atoms with Crippen molar-refractivity contribution in [2.24, 2.45) is 5.92 Å². The van der Waals surface area contributed by atoms with Crippen LogP contribution < -0.4 is 0 Å². The van der Waals surface area contributed by atoms with Gasteiger partial charge in [0.25, 0.3) is 5.91 Å². The Labute approximate surface area is 122 Å². The second-order valence-electron chi connectivity index (χ2n) is 5.00. The van der Waals surface area contributed by atoms with Crippen LogP contribution in [0.5, 0.6) is 0 Å².